The molecule has 2 aromatic rings. The van der Waals surface area contributed by atoms with Gasteiger partial charge >= 0.3 is 0 Å². The number of para-hydroxylation sites is 2. The smallest absolute Gasteiger partial charge is 0.248 e. The second-order valence-electron chi connectivity index (χ2n) is 3.05. The molecule has 3 heteroatoms. The quantitative estimate of drug-likeness (QED) is 0.505. The third-order valence-electron chi connectivity index (χ3n) is 1.98. The van der Waals surface area contributed by atoms with Gasteiger partial charge in [-0.15, -0.1) is 0 Å². The lowest BCUT2D eigenvalue weighted by atomic mass is 10.3. The minimum Gasteiger partial charge on any atom is -0.395 e. The summed E-state index contributed by atoms with van der Waals surface area (Å²) in [7, 11) is 1.98. The highest BCUT2D eigenvalue weighted by molar-refractivity contribution is 5.56. The molecule has 0 saturated heterocycles. The highest BCUT2D eigenvalue weighted by Crippen LogP contribution is 2.14. The van der Waals surface area contributed by atoms with Gasteiger partial charge in [-0.3, -0.25) is 0 Å². The number of nitrogens with zero attached hydrogens (tertiary/aromatic N) is 2. The first-order valence-electron chi connectivity index (χ1n) is 4.15. The highest BCUT2D eigenvalue weighted by atomic mass is 15.1. The molecule has 1 aromatic carbocycles. The first-order valence-corrected chi connectivity index (χ1v) is 4.15. The first kappa shape index (κ1) is 7.86. The molecule has 1 aromatic heterocycles. The van der Waals surface area contributed by atoms with Gasteiger partial charge in [-0.25, -0.2) is 9.13 Å². The summed E-state index contributed by atoms with van der Waals surface area (Å²) in [4.78, 5) is 0. The lowest BCUT2D eigenvalue weighted by molar-refractivity contribution is -0.670. The lowest BCUT2D eigenvalue weighted by Crippen LogP contribution is -2.23. The highest BCUT2D eigenvalue weighted by Gasteiger charge is 2.06. The maximum atomic E-state index is 5.83. The van der Waals surface area contributed by atoms with Gasteiger partial charge in [0.2, 0.25) is 6.33 Å². The van der Waals surface area contributed by atoms with E-state index >= 15 is 0 Å². The fourth-order valence-corrected chi connectivity index (χ4v) is 1.32. The van der Waals surface area contributed by atoms with Crippen LogP contribution in [-0.2, 0) is 7.05 Å². The van der Waals surface area contributed by atoms with Crippen LogP contribution >= 0.6 is 0 Å². The van der Waals surface area contributed by atoms with E-state index in [4.69, 9.17) is 5.73 Å². The van der Waals surface area contributed by atoms with Crippen LogP contribution in [0.1, 0.15) is 0 Å². The van der Waals surface area contributed by atoms with Crippen LogP contribution in [0.5, 0.6) is 0 Å². The van der Waals surface area contributed by atoms with Gasteiger partial charge in [0, 0.05) is 0 Å². The van der Waals surface area contributed by atoms with Gasteiger partial charge < -0.3 is 5.73 Å². The summed E-state index contributed by atoms with van der Waals surface area (Å²) in [6.07, 6.45) is 5.93. The van der Waals surface area contributed by atoms with Gasteiger partial charge in [-0.2, -0.15) is 0 Å². The molecule has 0 saturated carbocycles. The zero-order valence-corrected chi connectivity index (χ0v) is 7.51. The van der Waals surface area contributed by atoms with Crippen molar-refractivity contribution < 1.29 is 4.57 Å². The number of rotatable bonds is 1. The van der Waals surface area contributed by atoms with Crippen molar-refractivity contribution in [1.29, 1.82) is 0 Å². The molecule has 0 fully saturated rings. The van der Waals surface area contributed by atoms with Crippen LogP contribution in [0.4, 0.5) is 5.69 Å². The molecule has 66 valence electrons. The Morgan fingerprint density at radius 1 is 1.31 bits per heavy atom. The van der Waals surface area contributed by atoms with Crippen LogP contribution in [0, 0.1) is 0 Å². The zero-order chi connectivity index (χ0) is 9.26. The molecule has 0 aliphatic rings. The topological polar surface area (TPSA) is 34.8 Å². The SMILES string of the molecule is C[n+]1ccn(-c2ccccc2N)c1. The summed E-state index contributed by atoms with van der Waals surface area (Å²) in [5, 5.41) is 0. The Kier molecular flexibility index (Phi) is 1.77. The summed E-state index contributed by atoms with van der Waals surface area (Å²) < 4.78 is 3.97. The van der Waals surface area contributed by atoms with E-state index in [1.165, 1.54) is 0 Å². The molecule has 0 bridgehead atoms. The lowest BCUT2D eigenvalue weighted by Gasteiger charge is -1.98. The predicted molar refractivity (Wildman–Crippen MR) is 51.4 cm³/mol. The zero-order valence-electron chi connectivity index (χ0n) is 7.51. The summed E-state index contributed by atoms with van der Waals surface area (Å²) in [5.41, 5.74) is 7.64. The number of aromatic nitrogens is 2. The number of nitrogens with two attached hydrogens (primary N) is 1. The fourth-order valence-electron chi connectivity index (χ4n) is 1.32. The summed E-state index contributed by atoms with van der Waals surface area (Å²) in [5.74, 6) is 0. The molecular weight excluding hydrogens is 162 g/mol. The van der Waals surface area contributed by atoms with E-state index in [9.17, 15) is 0 Å². The van der Waals surface area contributed by atoms with E-state index in [0.29, 0.717) is 0 Å². The van der Waals surface area contributed by atoms with Gasteiger partial charge in [0.1, 0.15) is 12.4 Å². The molecule has 0 amide bonds. The number of aryl methyl sites for hydroxylation is 1. The Balaban J connectivity index is 2.52. The molecule has 0 aliphatic carbocycles. The Labute approximate surface area is 77.0 Å². The van der Waals surface area contributed by atoms with Crippen LogP contribution in [0.25, 0.3) is 5.69 Å². The molecular formula is C10H12N3+. The second kappa shape index (κ2) is 2.94. The van der Waals surface area contributed by atoms with E-state index < -0.39 is 0 Å². The average molecular weight is 174 g/mol. The third-order valence-corrected chi connectivity index (χ3v) is 1.98. The van der Waals surface area contributed by atoms with Crippen molar-refractivity contribution in [3.8, 4) is 5.69 Å². The molecule has 2 rings (SSSR count). The summed E-state index contributed by atoms with van der Waals surface area (Å²) in [6.45, 7) is 0. The van der Waals surface area contributed by atoms with Crippen molar-refractivity contribution in [3.05, 3.63) is 43.0 Å². The molecule has 3 nitrogen and oxygen atoms in total. The van der Waals surface area contributed by atoms with E-state index in [1.54, 1.807) is 0 Å². The Hall–Kier alpha value is -1.77. The molecule has 0 spiro atoms. The Morgan fingerprint density at radius 3 is 2.69 bits per heavy atom. The predicted octanol–water partition coefficient (Wildman–Crippen LogP) is 0.884. The third kappa shape index (κ3) is 1.40. The molecule has 0 aliphatic heterocycles. The minimum atomic E-state index is 0.790. The van der Waals surface area contributed by atoms with Gasteiger partial charge in [-0.1, -0.05) is 12.1 Å². The van der Waals surface area contributed by atoms with Gasteiger partial charge in [0.25, 0.3) is 0 Å². The van der Waals surface area contributed by atoms with Gasteiger partial charge in [0.15, 0.2) is 5.69 Å². The maximum absolute atomic E-state index is 5.83. The Morgan fingerprint density at radius 2 is 2.08 bits per heavy atom. The molecule has 13 heavy (non-hydrogen) atoms. The molecule has 0 unspecified atom stereocenters. The molecule has 0 radical (unpaired) electrons. The number of hydrogen-bond acceptors (Lipinski definition) is 1. The van der Waals surface area contributed by atoms with Crippen molar-refractivity contribution in [3.63, 3.8) is 0 Å². The molecule has 2 N–H and O–H groups in total. The number of benzene rings is 1. The van der Waals surface area contributed by atoms with E-state index in [-0.39, 0.29) is 0 Å². The first-order chi connectivity index (χ1) is 6.27. The second-order valence-corrected chi connectivity index (χ2v) is 3.05. The average Bonchev–Trinajstić information content (AvgIpc) is 2.53. The molecule has 1 heterocycles. The van der Waals surface area contributed by atoms with Crippen molar-refractivity contribution >= 4 is 5.69 Å². The van der Waals surface area contributed by atoms with Crippen LogP contribution in [0.3, 0.4) is 0 Å². The van der Waals surface area contributed by atoms with Crippen molar-refractivity contribution in [2.24, 2.45) is 7.05 Å². The van der Waals surface area contributed by atoms with Crippen molar-refractivity contribution in [2.45, 2.75) is 0 Å². The van der Waals surface area contributed by atoms with Crippen LogP contribution < -0.4 is 10.3 Å². The van der Waals surface area contributed by atoms with Gasteiger partial charge in [0.05, 0.1) is 12.7 Å². The van der Waals surface area contributed by atoms with Crippen LogP contribution in [0.15, 0.2) is 43.0 Å². The summed E-state index contributed by atoms with van der Waals surface area (Å²) >= 11 is 0. The summed E-state index contributed by atoms with van der Waals surface area (Å²) in [6, 6.07) is 7.80. The van der Waals surface area contributed by atoms with Crippen molar-refractivity contribution in [2.75, 3.05) is 5.73 Å². The Bertz CT molecular complexity index is 418. The maximum Gasteiger partial charge on any atom is 0.248 e. The number of imidazole rings is 1. The standard InChI is InChI=1S/C10H12N3/c1-12-6-7-13(8-12)10-5-3-2-4-9(10)11/h2-8H,11H2,1H3/q+1. The van der Waals surface area contributed by atoms with Gasteiger partial charge in [-0.05, 0) is 12.1 Å². The molecule has 0 atom stereocenters. The van der Waals surface area contributed by atoms with E-state index in [2.05, 4.69) is 0 Å². The van der Waals surface area contributed by atoms with Crippen LogP contribution in [-0.4, -0.2) is 4.57 Å². The minimum absolute atomic E-state index is 0.790. The number of anilines is 1. The van der Waals surface area contributed by atoms with E-state index in [0.717, 1.165) is 11.4 Å². The number of hydrogen-bond donors (Lipinski definition) is 1. The number of nitrogen functional groups attached to an aromatic ring is 1. The van der Waals surface area contributed by atoms with Crippen molar-refractivity contribution in [1.82, 2.24) is 4.57 Å². The monoisotopic (exact) mass is 174 g/mol. The largest absolute Gasteiger partial charge is 0.395 e. The normalized spacial score (nSPS) is 10.2. The van der Waals surface area contributed by atoms with E-state index in [1.807, 2.05) is 59.2 Å². The fraction of sp³-hybridized carbons (Fsp3) is 0.100. The van der Waals surface area contributed by atoms with Crippen LogP contribution in [0.2, 0.25) is 0 Å².